The van der Waals surface area contributed by atoms with Crippen LogP contribution in [0.2, 0.25) is 0 Å². The van der Waals surface area contributed by atoms with Gasteiger partial charge in [-0.25, -0.2) is 4.39 Å². The maximum atomic E-state index is 13.9. The van der Waals surface area contributed by atoms with E-state index in [1.54, 1.807) is 6.07 Å². The summed E-state index contributed by atoms with van der Waals surface area (Å²) in [6, 6.07) is 7.91. The normalized spacial score (nSPS) is 16.4. The molecule has 3 heteroatoms. The number of hydrogen-bond acceptors (Lipinski definition) is 2. The summed E-state index contributed by atoms with van der Waals surface area (Å²) in [6.45, 7) is 9.54. The van der Waals surface area contributed by atoms with Crippen LogP contribution in [0.15, 0.2) is 24.3 Å². The fourth-order valence-electron chi connectivity index (χ4n) is 2.59. The van der Waals surface area contributed by atoms with Crippen LogP contribution in [0.1, 0.15) is 45.7 Å². The first-order valence-electron chi connectivity index (χ1n) is 7.22. The van der Waals surface area contributed by atoms with Crippen molar-refractivity contribution >= 4 is 0 Å². The smallest absolute Gasteiger partial charge is 0.127 e. The molecule has 0 saturated carbocycles. The fraction of sp³-hybridized carbons (Fsp3) is 0.625. The van der Waals surface area contributed by atoms with E-state index < -0.39 is 0 Å². The zero-order valence-electron chi connectivity index (χ0n) is 12.8. The van der Waals surface area contributed by atoms with Gasteiger partial charge in [0.25, 0.3) is 0 Å². The largest absolute Gasteiger partial charge is 0.313 e. The van der Waals surface area contributed by atoms with Crippen molar-refractivity contribution in [1.29, 1.82) is 0 Å². The van der Waals surface area contributed by atoms with Crippen molar-refractivity contribution in [3.05, 3.63) is 35.6 Å². The second kappa shape index (κ2) is 7.61. The standard InChI is InChI=1S/C16H27FN2/c1-6-16(18-7-2)13(4)19(5)12(3)14-10-8-9-11-15(14)17/h8-13,16,18H,6-7H2,1-5H3. The Morgan fingerprint density at radius 3 is 2.37 bits per heavy atom. The maximum absolute atomic E-state index is 13.9. The molecule has 0 bridgehead atoms. The summed E-state index contributed by atoms with van der Waals surface area (Å²) in [5, 5.41) is 3.50. The Morgan fingerprint density at radius 1 is 1.21 bits per heavy atom. The topological polar surface area (TPSA) is 15.3 Å². The fourth-order valence-corrected chi connectivity index (χ4v) is 2.59. The second-order valence-electron chi connectivity index (χ2n) is 5.18. The van der Waals surface area contributed by atoms with Gasteiger partial charge in [-0.3, -0.25) is 4.90 Å². The lowest BCUT2D eigenvalue weighted by atomic mass is 10.0. The molecule has 1 aromatic carbocycles. The van der Waals surface area contributed by atoms with Crippen LogP contribution in [-0.2, 0) is 0 Å². The van der Waals surface area contributed by atoms with Crippen molar-refractivity contribution in [3.63, 3.8) is 0 Å². The molecule has 0 amide bonds. The molecule has 1 aromatic rings. The van der Waals surface area contributed by atoms with Crippen molar-refractivity contribution in [2.75, 3.05) is 13.6 Å². The van der Waals surface area contributed by atoms with Gasteiger partial charge in [-0.05, 0) is 39.9 Å². The number of likely N-dealkylation sites (N-methyl/N-ethyl adjacent to an activating group) is 2. The van der Waals surface area contributed by atoms with E-state index in [1.807, 2.05) is 12.1 Å². The zero-order chi connectivity index (χ0) is 14.4. The minimum absolute atomic E-state index is 0.0731. The highest BCUT2D eigenvalue weighted by molar-refractivity contribution is 5.20. The van der Waals surface area contributed by atoms with Crippen LogP contribution in [0.4, 0.5) is 4.39 Å². The van der Waals surface area contributed by atoms with Crippen molar-refractivity contribution in [2.24, 2.45) is 0 Å². The highest BCUT2D eigenvalue weighted by atomic mass is 19.1. The summed E-state index contributed by atoms with van der Waals surface area (Å²) in [7, 11) is 2.07. The molecule has 2 nitrogen and oxygen atoms in total. The quantitative estimate of drug-likeness (QED) is 0.811. The molecule has 0 heterocycles. The molecule has 0 radical (unpaired) electrons. The Balaban J connectivity index is 2.81. The molecular weight excluding hydrogens is 239 g/mol. The molecule has 3 unspecified atom stereocenters. The minimum Gasteiger partial charge on any atom is -0.313 e. The van der Waals surface area contributed by atoms with E-state index in [4.69, 9.17) is 0 Å². The predicted octanol–water partition coefficient (Wildman–Crippen LogP) is 3.60. The van der Waals surface area contributed by atoms with Crippen LogP contribution in [0.3, 0.4) is 0 Å². The highest BCUT2D eigenvalue weighted by Crippen LogP contribution is 2.24. The predicted molar refractivity (Wildman–Crippen MR) is 79.8 cm³/mol. The highest BCUT2D eigenvalue weighted by Gasteiger charge is 2.24. The second-order valence-corrected chi connectivity index (χ2v) is 5.18. The average Bonchev–Trinajstić information content (AvgIpc) is 2.43. The van der Waals surface area contributed by atoms with Crippen molar-refractivity contribution in [1.82, 2.24) is 10.2 Å². The van der Waals surface area contributed by atoms with Gasteiger partial charge in [0.2, 0.25) is 0 Å². The van der Waals surface area contributed by atoms with E-state index in [0.717, 1.165) is 18.5 Å². The lowest BCUT2D eigenvalue weighted by Crippen LogP contribution is -2.47. The van der Waals surface area contributed by atoms with E-state index >= 15 is 0 Å². The molecule has 3 atom stereocenters. The third-order valence-corrected chi connectivity index (χ3v) is 4.10. The van der Waals surface area contributed by atoms with Crippen molar-refractivity contribution in [3.8, 4) is 0 Å². The number of nitrogens with one attached hydrogen (secondary N) is 1. The van der Waals surface area contributed by atoms with Gasteiger partial charge in [0.1, 0.15) is 5.82 Å². The van der Waals surface area contributed by atoms with E-state index in [1.165, 1.54) is 6.07 Å². The zero-order valence-corrected chi connectivity index (χ0v) is 12.8. The summed E-state index contributed by atoms with van der Waals surface area (Å²) >= 11 is 0. The molecule has 0 fully saturated rings. The lowest BCUT2D eigenvalue weighted by molar-refractivity contribution is 0.155. The molecule has 0 aliphatic carbocycles. The van der Waals surface area contributed by atoms with Crippen molar-refractivity contribution in [2.45, 2.75) is 52.2 Å². The molecule has 1 rings (SSSR count). The molecule has 0 spiro atoms. The molecule has 0 aliphatic heterocycles. The summed E-state index contributed by atoms with van der Waals surface area (Å²) in [6.07, 6.45) is 1.07. The Labute approximate surface area is 117 Å². The molecule has 1 N–H and O–H groups in total. The van der Waals surface area contributed by atoms with Crippen LogP contribution < -0.4 is 5.32 Å². The van der Waals surface area contributed by atoms with Crippen molar-refractivity contribution < 1.29 is 4.39 Å². The van der Waals surface area contributed by atoms with Crippen LogP contribution in [0.5, 0.6) is 0 Å². The van der Waals surface area contributed by atoms with Gasteiger partial charge < -0.3 is 5.32 Å². The van der Waals surface area contributed by atoms with Crippen LogP contribution in [0, 0.1) is 5.82 Å². The first-order valence-corrected chi connectivity index (χ1v) is 7.22. The SMILES string of the molecule is CCNC(CC)C(C)N(C)C(C)c1ccccc1F. The number of hydrogen-bond donors (Lipinski definition) is 1. The molecule has 19 heavy (non-hydrogen) atoms. The summed E-state index contributed by atoms with van der Waals surface area (Å²) in [5.74, 6) is -0.120. The molecule has 0 aromatic heterocycles. The van der Waals surface area contributed by atoms with E-state index in [0.29, 0.717) is 12.1 Å². The first kappa shape index (κ1) is 16.1. The van der Waals surface area contributed by atoms with Crippen LogP contribution in [0.25, 0.3) is 0 Å². The van der Waals surface area contributed by atoms with Gasteiger partial charge in [-0.15, -0.1) is 0 Å². The summed E-state index contributed by atoms with van der Waals surface area (Å²) < 4.78 is 13.9. The minimum atomic E-state index is -0.120. The van der Waals surface area contributed by atoms with E-state index in [-0.39, 0.29) is 11.9 Å². The van der Waals surface area contributed by atoms with Gasteiger partial charge in [-0.2, -0.15) is 0 Å². The Morgan fingerprint density at radius 2 is 1.84 bits per heavy atom. The molecule has 0 saturated heterocycles. The Bertz CT molecular complexity index is 381. The lowest BCUT2D eigenvalue weighted by Gasteiger charge is -2.36. The van der Waals surface area contributed by atoms with Gasteiger partial charge in [-0.1, -0.05) is 32.0 Å². The first-order chi connectivity index (χ1) is 9.02. The van der Waals surface area contributed by atoms with E-state index in [9.17, 15) is 4.39 Å². The van der Waals surface area contributed by atoms with E-state index in [2.05, 4.69) is 45.0 Å². The van der Waals surface area contributed by atoms with Crippen LogP contribution >= 0.6 is 0 Å². The number of benzene rings is 1. The van der Waals surface area contributed by atoms with Gasteiger partial charge in [0.15, 0.2) is 0 Å². The monoisotopic (exact) mass is 266 g/mol. The third-order valence-electron chi connectivity index (χ3n) is 4.10. The number of halogens is 1. The third kappa shape index (κ3) is 4.02. The Hall–Kier alpha value is -0.930. The summed E-state index contributed by atoms with van der Waals surface area (Å²) in [4.78, 5) is 2.25. The molecular formula is C16H27FN2. The Kier molecular flexibility index (Phi) is 6.46. The molecule has 108 valence electrons. The molecule has 0 aliphatic rings. The average molecular weight is 266 g/mol. The maximum Gasteiger partial charge on any atom is 0.127 e. The number of nitrogens with zero attached hydrogens (tertiary/aromatic N) is 1. The van der Waals surface area contributed by atoms with Gasteiger partial charge >= 0.3 is 0 Å². The number of rotatable bonds is 7. The van der Waals surface area contributed by atoms with Crippen LogP contribution in [-0.4, -0.2) is 30.6 Å². The summed E-state index contributed by atoms with van der Waals surface area (Å²) in [5.41, 5.74) is 0.767. The van der Waals surface area contributed by atoms with Gasteiger partial charge in [0.05, 0.1) is 0 Å². The van der Waals surface area contributed by atoms with Gasteiger partial charge in [0, 0.05) is 23.7 Å².